The summed E-state index contributed by atoms with van der Waals surface area (Å²) >= 11 is 7.33. The Morgan fingerprint density at radius 1 is 1.21 bits per heavy atom. The highest BCUT2D eigenvalue weighted by atomic mass is 35.5. The molecule has 1 N–H and O–H groups in total. The summed E-state index contributed by atoms with van der Waals surface area (Å²) in [7, 11) is 1.23. The number of nitriles is 1. The lowest BCUT2D eigenvalue weighted by molar-refractivity contribution is -0.150. The van der Waals surface area contributed by atoms with Crippen LogP contribution in [-0.4, -0.2) is 19.0 Å². The van der Waals surface area contributed by atoms with Crippen LogP contribution in [0.3, 0.4) is 0 Å². The van der Waals surface area contributed by atoms with Crippen molar-refractivity contribution in [3.05, 3.63) is 81.3 Å². The number of benzene rings is 2. The molecule has 2 aromatic carbocycles. The Kier molecular flexibility index (Phi) is 6.40. The van der Waals surface area contributed by atoms with Gasteiger partial charge in [0.05, 0.1) is 23.8 Å². The number of rotatable bonds is 5. The molecule has 0 radical (unpaired) electrons. The van der Waals surface area contributed by atoms with Gasteiger partial charge in [0.15, 0.2) is 0 Å². The number of halogens is 1. The van der Waals surface area contributed by atoms with Crippen molar-refractivity contribution in [1.29, 1.82) is 5.26 Å². The Morgan fingerprint density at radius 2 is 1.89 bits per heavy atom. The van der Waals surface area contributed by atoms with E-state index in [9.17, 15) is 14.9 Å². The molecule has 0 spiro atoms. The lowest BCUT2D eigenvalue weighted by Crippen LogP contribution is -2.44. The average molecular weight is 413 g/mol. The largest absolute Gasteiger partial charge is 0.468 e. The normalized spacial score (nSPS) is 19.0. The van der Waals surface area contributed by atoms with Gasteiger partial charge in [-0.2, -0.15) is 5.26 Å². The summed E-state index contributed by atoms with van der Waals surface area (Å²) in [5.41, 5.74) is 2.05. The zero-order valence-electron chi connectivity index (χ0n) is 15.0. The Hall–Kier alpha value is -2.75. The van der Waals surface area contributed by atoms with E-state index in [-0.39, 0.29) is 0 Å². The fourth-order valence-electron chi connectivity index (χ4n) is 3.08. The van der Waals surface area contributed by atoms with Gasteiger partial charge in [0, 0.05) is 16.7 Å². The zero-order chi connectivity index (χ0) is 20.1. The van der Waals surface area contributed by atoms with E-state index in [0.717, 1.165) is 5.56 Å². The van der Waals surface area contributed by atoms with Crippen LogP contribution in [0.25, 0.3) is 0 Å². The second-order valence-corrected chi connectivity index (χ2v) is 7.57. The summed E-state index contributed by atoms with van der Waals surface area (Å²) in [4.78, 5) is 25.1. The third-order valence-electron chi connectivity index (χ3n) is 4.44. The van der Waals surface area contributed by atoms with E-state index < -0.39 is 23.7 Å². The SMILES string of the molecule is COC(=O)[C@@H]1C(=O)NC(SCc2ccccc2)=C(C#N)[C@@H]1c1ccc(Cl)cc1. The van der Waals surface area contributed by atoms with E-state index in [1.165, 1.54) is 18.9 Å². The maximum Gasteiger partial charge on any atom is 0.319 e. The second-order valence-electron chi connectivity index (χ2n) is 6.15. The molecule has 142 valence electrons. The lowest BCUT2D eigenvalue weighted by Gasteiger charge is -2.31. The number of hydrogen-bond donors (Lipinski definition) is 1. The fourth-order valence-corrected chi connectivity index (χ4v) is 4.21. The van der Waals surface area contributed by atoms with Crippen molar-refractivity contribution in [2.24, 2.45) is 5.92 Å². The van der Waals surface area contributed by atoms with Crippen LogP contribution in [0.4, 0.5) is 0 Å². The maximum atomic E-state index is 12.7. The first-order chi connectivity index (χ1) is 13.5. The van der Waals surface area contributed by atoms with Gasteiger partial charge in [0.25, 0.3) is 0 Å². The summed E-state index contributed by atoms with van der Waals surface area (Å²) in [5, 5.41) is 13.6. The maximum absolute atomic E-state index is 12.7. The van der Waals surface area contributed by atoms with Crippen LogP contribution in [0.1, 0.15) is 17.0 Å². The molecule has 0 saturated carbocycles. The van der Waals surface area contributed by atoms with Crippen LogP contribution in [-0.2, 0) is 20.1 Å². The molecule has 3 rings (SSSR count). The number of hydrogen-bond acceptors (Lipinski definition) is 5. The van der Waals surface area contributed by atoms with Crippen LogP contribution in [0, 0.1) is 17.2 Å². The van der Waals surface area contributed by atoms with Crippen LogP contribution >= 0.6 is 23.4 Å². The van der Waals surface area contributed by atoms with Gasteiger partial charge in [-0.25, -0.2) is 0 Å². The Morgan fingerprint density at radius 3 is 2.50 bits per heavy atom. The average Bonchev–Trinajstić information content (AvgIpc) is 2.72. The number of thioether (sulfide) groups is 1. The highest BCUT2D eigenvalue weighted by Crippen LogP contribution is 2.41. The van der Waals surface area contributed by atoms with E-state index in [2.05, 4.69) is 11.4 Å². The Labute approximate surface area is 172 Å². The summed E-state index contributed by atoms with van der Waals surface area (Å²) in [6.45, 7) is 0. The van der Waals surface area contributed by atoms with E-state index in [1.807, 2.05) is 30.3 Å². The molecule has 2 aromatic rings. The Balaban J connectivity index is 2.02. The number of nitrogens with one attached hydrogen (secondary N) is 1. The number of esters is 1. The Bertz CT molecular complexity index is 952. The second kappa shape index (κ2) is 8.96. The van der Waals surface area contributed by atoms with Crippen molar-refractivity contribution >= 4 is 35.2 Å². The van der Waals surface area contributed by atoms with E-state index in [1.54, 1.807) is 24.3 Å². The van der Waals surface area contributed by atoms with Gasteiger partial charge in [-0.05, 0) is 23.3 Å². The number of allylic oxidation sites excluding steroid dienone is 1. The van der Waals surface area contributed by atoms with Crippen molar-refractivity contribution < 1.29 is 14.3 Å². The molecular weight excluding hydrogens is 396 g/mol. The van der Waals surface area contributed by atoms with Crippen molar-refractivity contribution in [3.63, 3.8) is 0 Å². The molecule has 1 aliphatic rings. The topological polar surface area (TPSA) is 79.2 Å². The van der Waals surface area contributed by atoms with E-state index in [4.69, 9.17) is 16.3 Å². The van der Waals surface area contributed by atoms with Crippen molar-refractivity contribution in [2.45, 2.75) is 11.7 Å². The zero-order valence-corrected chi connectivity index (χ0v) is 16.6. The van der Waals surface area contributed by atoms with E-state index >= 15 is 0 Å². The number of nitrogens with zero attached hydrogens (tertiary/aromatic N) is 1. The van der Waals surface area contributed by atoms with Crippen molar-refractivity contribution in [3.8, 4) is 6.07 Å². The summed E-state index contributed by atoms with van der Waals surface area (Å²) < 4.78 is 4.83. The van der Waals surface area contributed by atoms with Gasteiger partial charge in [-0.15, -0.1) is 11.8 Å². The van der Waals surface area contributed by atoms with Gasteiger partial charge in [-0.1, -0.05) is 54.1 Å². The molecule has 1 amide bonds. The summed E-state index contributed by atoms with van der Waals surface area (Å²) in [5.74, 6) is -2.46. The monoisotopic (exact) mass is 412 g/mol. The minimum atomic E-state index is -1.14. The van der Waals surface area contributed by atoms with Crippen LogP contribution in [0.15, 0.2) is 65.2 Å². The predicted molar refractivity (Wildman–Crippen MR) is 108 cm³/mol. The smallest absolute Gasteiger partial charge is 0.319 e. The first kappa shape index (κ1) is 20.0. The molecule has 7 heteroatoms. The standard InChI is InChI=1S/C21H17ClN2O3S/c1-27-21(26)18-17(14-7-9-15(22)10-8-14)16(11-23)20(24-19(18)25)28-12-13-5-3-2-4-6-13/h2-10,17-18H,12H2,1H3,(H,24,25)/t17-,18-/m0/s1. The molecular formula is C21H17ClN2O3S. The van der Waals surface area contributed by atoms with Gasteiger partial charge in [0.2, 0.25) is 5.91 Å². The molecule has 0 aliphatic carbocycles. The summed E-state index contributed by atoms with van der Waals surface area (Å²) in [6.07, 6.45) is 0. The molecule has 0 aromatic heterocycles. The molecule has 1 heterocycles. The van der Waals surface area contributed by atoms with Crippen LogP contribution in [0.5, 0.6) is 0 Å². The molecule has 0 fully saturated rings. The number of carbonyl (C=O) groups is 2. The van der Waals surface area contributed by atoms with E-state index in [0.29, 0.717) is 26.9 Å². The third kappa shape index (κ3) is 4.22. The molecule has 0 unspecified atom stereocenters. The molecule has 0 bridgehead atoms. The number of amides is 1. The van der Waals surface area contributed by atoms with Gasteiger partial charge in [-0.3, -0.25) is 9.59 Å². The lowest BCUT2D eigenvalue weighted by atomic mass is 9.78. The van der Waals surface area contributed by atoms with Crippen LogP contribution in [0.2, 0.25) is 5.02 Å². The highest BCUT2D eigenvalue weighted by molar-refractivity contribution is 8.02. The quantitative estimate of drug-likeness (QED) is 0.592. The van der Waals surface area contributed by atoms with Gasteiger partial charge >= 0.3 is 5.97 Å². The van der Waals surface area contributed by atoms with Gasteiger partial charge < -0.3 is 10.1 Å². The molecule has 5 nitrogen and oxygen atoms in total. The minimum absolute atomic E-state index is 0.332. The molecule has 1 aliphatic heterocycles. The first-order valence-corrected chi connectivity index (χ1v) is 9.86. The van der Waals surface area contributed by atoms with Gasteiger partial charge in [0.1, 0.15) is 5.92 Å². The predicted octanol–water partition coefficient (Wildman–Crippen LogP) is 4.01. The highest BCUT2D eigenvalue weighted by Gasteiger charge is 2.44. The summed E-state index contributed by atoms with van der Waals surface area (Å²) in [6, 6.07) is 18.7. The van der Waals surface area contributed by atoms with Crippen LogP contribution < -0.4 is 5.32 Å². The van der Waals surface area contributed by atoms with Crippen molar-refractivity contribution in [1.82, 2.24) is 5.32 Å². The fraction of sp³-hybridized carbons (Fsp3) is 0.190. The first-order valence-electron chi connectivity index (χ1n) is 8.50. The molecule has 0 saturated heterocycles. The molecule has 28 heavy (non-hydrogen) atoms. The number of methoxy groups -OCH3 is 1. The number of ether oxygens (including phenoxy) is 1. The number of carbonyl (C=O) groups excluding carboxylic acids is 2. The minimum Gasteiger partial charge on any atom is -0.468 e. The van der Waals surface area contributed by atoms with Crippen molar-refractivity contribution in [2.75, 3.05) is 7.11 Å². The molecule has 2 atom stereocenters. The third-order valence-corrected chi connectivity index (χ3v) is 5.78.